The molecule has 0 saturated carbocycles. The molecule has 0 radical (unpaired) electrons. The number of hydrogen-bond donors (Lipinski definition) is 0. The van der Waals surface area contributed by atoms with Crippen molar-refractivity contribution in [1.29, 1.82) is 0 Å². The second kappa shape index (κ2) is 10.1. The van der Waals surface area contributed by atoms with E-state index in [1.54, 1.807) is 9.58 Å². The second-order valence-electron chi connectivity index (χ2n) is 7.91. The van der Waals surface area contributed by atoms with Gasteiger partial charge in [-0.1, -0.05) is 55.3 Å². The number of likely N-dealkylation sites (N-methyl/N-ethyl adjacent to an activating group) is 1. The van der Waals surface area contributed by atoms with Gasteiger partial charge < -0.3 is 4.90 Å². The summed E-state index contributed by atoms with van der Waals surface area (Å²) in [5.41, 5.74) is 5.08. The molecule has 0 unspecified atom stereocenters. The molecule has 0 aliphatic heterocycles. The molecule has 1 amide bonds. The lowest BCUT2D eigenvalue weighted by Crippen LogP contribution is -2.29. The van der Waals surface area contributed by atoms with Crippen molar-refractivity contribution in [3.05, 3.63) is 71.1 Å². The monoisotopic (exact) mass is 379 g/mol. The second-order valence-corrected chi connectivity index (χ2v) is 7.91. The summed E-state index contributed by atoms with van der Waals surface area (Å²) in [7, 11) is 1.85. The van der Waals surface area contributed by atoms with Crippen molar-refractivity contribution in [2.24, 2.45) is 0 Å². The van der Waals surface area contributed by atoms with Crippen LogP contribution in [0.15, 0.2) is 59.7 Å². The van der Waals surface area contributed by atoms with Gasteiger partial charge in [0, 0.05) is 13.6 Å². The molecule has 2 rings (SSSR count). The molecule has 1 aromatic heterocycles. The first-order valence-electron chi connectivity index (χ1n) is 9.99. The van der Waals surface area contributed by atoms with E-state index in [-0.39, 0.29) is 11.8 Å². The van der Waals surface area contributed by atoms with Crippen LogP contribution >= 0.6 is 0 Å². The highest BCUT2D eigenvalue weighted by Gasteiger charge is 2.20. The molecule has 4 heteroatoms. The van der Waals surface area contributed by atoms with E-state index in [1.807, 2.05) is 43.4 Å². The molecule has 0 bridgehead atoms. The summed E-state index contributed by atoms with van der Waals surface area (Å²) in [4.78, 5) is 14.9. The van der Waals surface area contributed by atoms with Crippen LogP contribution < -0.4 is 0 Å². The highest BCUT2D eigenvalue weighted by atomic mass is 16.2. The van der Waals surface area contributed by atoms with Gasteiger partial charge in [-0.05, 0) is 57.7 Å². The fourth-order valence-electron chi connectivity index (χ4n) is 2.86. The van der Waals surface area contributed by atoms with Crippen LogP contribution in [0, 0.1) is 0 Å². The number of rotatable bonds is 8. The summed E-state index contributed by atoms with van der Waals surface area (Å²) >= 11 is 0. The van der Waals surface area contributed by atoms with E-state index in [4.69, 9.17) is 0 Å². The van der Waals surface area contributed by atoms with Crippen LogP contribution in [0.2, 0.25) is 0 Å². The van der Waals surface area contributed by atoms with Gasteiger partial charge in [-0.3, -0.25) is 4.79 Å². The van der Waals surface area contributed by atoms with Crippen molar-refractivity contribution in [3.8, 4) is 5.69 Å². The van der Waals surface area contributed by atoms with Crippen LogP contribution in [0.3, 0.4) is 0 Å². The zero-order chi connectivity index (χ0) is 20.7. The molecule has 0 atom stereocenters. The number of benzene rings is 1. The predicted molar refractivity (Wildman–Crippen MR) is 117 cm³/mol. The molecule has 0 aliphatic rings. The minimum atomic E-state index is -0.0170. The molecule has 1 aromatic carbocycles. The molecule has 0 N–H and O–H groups in total. The van der Waals surface area contributed by atoms with E-state index < -0.39 is 0 Å². The number of aromatic nitrogens is 2. The van der Waals surface area contributed by atoms with Gasteiger partial charge >= 0.3 is 0 Å². The molecule has 150 valence electrons. The van der Waals surface area contributed by atoms with Gasteiger partial charge in [0.05, 0.1) is 11.4 Å². The van der Waals surface area contributed by atoms with Crippen LogP contribution in [0.4, 0.5) is 0 Å². The third-order valence-corrected chi connectivity index (χ3v) is 4.69. The average molecular weight is 380 g/mol. The summed E-state index contributed by atoms with van der Waals surface area (Å²) in [6.45, 7) is 11.1. The van der Waals surface area contributed by atoms with E-state index in [0.717, 1.165) is 24.2 Å². The largest absolute Gasteiger partial charge is 0.337 e. The third-order valence-electron chi connectivity index (χ3n) is 4.69. The van der Waals surface area contributed by atoms with Crippen molar-refractivity contribution in [3.63, 3.8) is 0 Å². The van der Waals surface area contributed by atoms with Gasteiger partial charge in [0.25, 0.3) is 5.91 Å². The van der Waals surface area contributed by atoms with Crippen molar-refractivity contribution < 1.29 is 4.79 Å². The van der Waals surface area contributed by atoms with Gasteiger partial charge in [-0.2, -0.15) is 5.10 Å². The SMILES string of the molecule is CC(C)=CCC/C(C)=C/CN(C)C(=O)c1cc(C(C)C)nn1-c1ccccc1. The summed E-state index contributed by atoms with van der Waals surface area (Å²) < 4.78 is 1.76. The number of amides is 1. The minimum absolute atomic E-state index is 0.0170. The molecule has 1 heterocycles. The maximum atomic E-state index is 13.1. The Morgan fingerprint density at radius 2 is 1.82 bits per heavy atom. The number of nitrogens with zero attached hydrogens (tertiary/aromatic N) is 3. The Morgan fingerprint density at radius 1 is 1.14 bits per heavy atom. The normalized spacial score (nSPS) is 11.6. The number of hydrogen-bond acceptors (Lipinski definition) is 2. The summed E-state index contributed by atoms with van der Waals surface area (Å²) in [6.07, 6.45) is 6.45. The van der Waals surface area contributed by atoms with E-state index in [0.29, 0.717) is 12.2 Å². The Labute approximate surface area is 169 Å². The number of carbonyl (C=O) groups excluding carboxylic acids is 1. The summed E-state index contributed by atoms with van der Waals surface area (Å²) in [5, 5.41) is 4.68. The lowest BCUT2D eigenvalue weighted by molar-refractivity contribution is 0.0801. The fraction of sp³-hybridized carbons (Fsp3) is 0.417. The van der Waals surface area contributed by atoms with Crippen molar-refractivity contribution >= 4 is 5.91 Å². The van der Waals surface area contributed by atoms with Crippen LogP contribution in [0.5, 0.6) is 0 Å². The molecular formula is C24H33N3O. The Morgan fingerprint density at radius 3 is 2.43 bits per heavy atom. The quantitative estimate of drug-likeness (QED) is 0.547. The number of allylic oxidation sites excluding steroid dienone is 3. The molecule has 4 nitrogen and oxygen atoms in total. The van der Waals surface area contributed by atoms with Crippen molar-refractivity contribution in [1.82, 2.24) is 14.7 Å². The van der Waals surface area contributed by atoms with E-state index >= 15 is 0 Å². The van der Waals surface area contributed by atoms with Gasteiger partial charge in [-0.15, -0.1) is 0 Å². The van der Waals surface area contributed by atoms with Gasteiger partial charge in [-0.25, -0.2) is 4.68 Å². The van der Waals surface area contributed by atoms with Crippen molar-refractivity contribution in [2.75, 3.05) is 13.6 Å². The number of para-hydroxylation sites is 1. The number of carbonyl (C=O) groups is 1. The van der Waals surface area contributed by atoms with E-state index in [2.05, 4.69) is 51.9 Å². The van der Waals surface area contributed by atoms with Gasteiger partial charge in [0.2, 0.25) is 0 Å². The zero-order valence-electron chi connectivity index (χ0n) is 18.1. The molecule has 28 heavy (non-hydrogen) atoms. The first kappa shape index (κ1) is 21.7. The van der Waals surface area contributed by atoms with E-state index in [9.17, 15) is 4.79 Å². The predicted octanol–water partition coefficient (Wildman–Crippen LogP) is 5.76. The molecular weight excluding hydrogens is 346 g/mol. The lowest BCUT2D eigenvalue weighted by atomic mass is 10.1. The minimum Gasteiger partial charge on any atom is -0.337 e. The van der Waals surface area contributed by atoms with Gasteiger partial charge in [0.1, 0.15) is 5.69 Å². The molecule has 0 saturated heterocycles. The zero-order valence-corrected chi connectivity index (χ0v) is 18.1. The van der Waals surface area contributed by atoms with Crippen LogP contribution in [0.25, 0.3) is 5.69 Å². The standard InChI is InChI=1S/C24H33N3O/c1-18(2)11-10-12-20(5)15-16-26(6)24(28)23-17-22(19(3)4)25-27(23)21-13-8-7-9-14-21/h7-9,11,13-15,17,19H,10,12,16H2,1-6H3/b20-15+. The molecule has 2 aromatic rings. The lowest BCUT2D eigenvalue weighted by Gasteiger charge is -2.16. The maximum Gasteiger partial charge on any atom is 0.272 e. The van der Waals surface area contributed by atoms with Crippen molar-refractivity contribution in [2.45, 2.75) is 53.4 Å². The molecule has 0 spiro atoms. The van der Waals surface area contributed by atoms with E-state index in [1.165, 1.54) is 11.1 Å². The Bertz CT molecular complexity index is 840. The van der Waals surface area contributed by atoms with Gasteiger partial charge in [0.15, 0.2) is 0 Å². The molecule has 0 aliphatic carbocycles. The summed E-state index contributed by atoms with van der Waals surface area (Å²) in [6, 6.07) is 11.8. The Balaban J connectivity index is 2.17. The van der Waals surface area contributed by atoms with Crippen LogP contribution in [0.1, 0.15) is 69.6 Å². The first-order valence-corrected chi connectivity index (χ1v) is 9.99. The first-order chi connectivity index (χ1) is 13.3. The smallest absolute Gasteiger partial charge is 0.272 e. The topological polar surface area (TPSA) is 38.1 Å². The van der Waals surface area contributed by atoms with Crippen LogP contribution in [-0.4, -0.2) is 34.2 Å². The fourth-order valence-corrected chi connectivity index (χ4v) is 2.86. The highest BCUT2D eigenvalue weighted by Crippen LogP contribution is 2.19. The third kappa shape index (κ3) is 5.95. The Kier molecular flexibility index (Phi) is 7.80. The highest BCUT2D eigenvalue weighted by molar-refractivity contribution is 5.93. The molecule has 0 fully saturated rings. The average Bonchev–Trinajstić information content (AvgIpc) is 3.11. The van der Waals surface area contributed by atoms with Crippen LogP contribution in [-0.2, 0) is 0 Å². The Hall–Kier alpha value is -2.62. The summed E-state index contributed by atoms with van der Waals surface area (Å²) in [5.74, 6) is 0.246. The maximum absolute atomic E-state index is 13.1.